The van der Waals surface area contributed by atoms with Crippen molar-refractivity contribution < 1.29 is 19.7 Å². The van der Waals surface area contributed by atoms with Gasteiger partial charge >= 0.3 is 6.09 Å². The molecule has 1 amide bonds. The number of carbonyl (C=O) groups is 1. The lowest BCUT2D eigenvalue weighted by molar-refractivity contribution is 0.107. The standard InChI is InChI=1S/C11H17NO4/c1-2-6-16-11(15)12-8-10(14)7-9(12)4-3-5-13/h2-4,9-10,13-14H,1,5-8H2/b4-3+/t9-,10-/m1/s1. The molecule has 1 heterocycles. The Hall–Kier alpha value is -1.33. The topological polar surface area (TPSA) is 70.0 Å². The summed E-state index contributed by atoms with van der Waals surface area (Å²) in [4.78, 5) is 13.0. The van der Waals surface area contributed by atoms with Crippen LogP contribution in [-0.2, 0) is 4.74 Å². The van der Waals surface area contributed by atoms with E-state index in [1.807, 2.05) is 0 Å². The highest BCUT2D eigenvalue weighted by atomic mass is 16.6. The van der Waals surface area contributed by atoms with E-state index < -0.39 is 12.2 Å². The van der Waals surface area contributed by atoms with Crippen molar-refractivity contribution in [2.45, 2.75) is 18.6 Å². The minimum atomic E-state index is -0.537. The van der Waals surface area contributed by atoms with E-state index in [2.05, 4.69) is 6.58 Å². The smallest absolute Gasteiger partial charge is 0.410 e. The highest BCUT2D eigenvalue weighted by Gasteiger charge is 2.33. The number of ether oxygens (including phenoxy) is 1. The van der Waals surface area contributed by atoms with Gasteiger partial charge in [0.1, 0.15) is 6.61 Å². The summed E-state index contributed by atoms with van der Waals surface area (Å²) in [5.74, 6) is 0. The maximum absolute atomic E-state index is 11.6. The van der Waals surface area contributed by atoms with Crippen molar-refractivity contribution in [3.05, 3.63) is 24.8 Å². The number of aliphatic hydroxyl groups excluding tert-OH is 2. The largest absolute Gasteiger partial charge is 0.445 e. The second-order valence-corrected chi connectivity index (χ2v) is 3.59. The van der Waals surface area contributed by atoms with Crippen molar-refractivity contribution >= 4 is 6.09 Å². The van der Waals surface area contributed by atoms with Gasteiger partial charge < -0.3 is 14.9 Å². The normalized spacial score (nSPS) is 25.0. The van der Waals surface area contributed by atoms with Crippen LogP contribution < -0.4 is 0 Å². The summed E-state index contributed by atoms with van der Waals surface area (Å²) in [6, 6.07) is -0.209. The highest BCUT2D eigenvalue weighted by molar-refractivity contribution is 5.69. The molecule has 1 saturated heterocycles. The minimum absolute atomic E-state index is 0.0812. The lowest BCUT2D eigenvalue weighted by atomic mass is 10.2. The molecular weight excluding hydrogens is 210 g/mol. The van der Waals surface area contributed by atoms with Gasteiger partial charge in [-0.25, -0.2) is 4.79 Å². The van der Waals surface area contributed by atoms with Crippen LogP contribution >= 0.6 is 0 Å². The fraction of sp³-hybridized carbons (Fsp3) is 0.545. The number of nitrogens with zero attached hydrogens (tertiary/aromatic N) is 1. The van der Waals surface area contributed by atoms with Gasteiger partial charge in [0, 0.05) is 0 Å². The molecule has 1 aliphatic rings. The molecule has 0 aliphatic carbocycles. The summed E-state index contributed by atoms with van der Waals surface area (Å²) in [7, 11) is 0. The summed E-state index contributed by atoms with van der Waals surface area (Å²) < 4.78 is 4.90. The quantitative estimate of drug-likeness (QED) is 0.677. The van der Waals surface area contributed by atoms with E-state index in [1.165, 1.54) is 11.0 Å². The molecule has 0 saturated carbocycles. The molecule has 0 radical (unpaired) electrons. The lowest BCUT2D eigenvalue weighted by Crippen LogP contribution is -2.35. The van der Waals surface area contributed by atoms with Crippen LogP contribution in [0.5, 0.6) is 0 Å². The number of hydrogen-bond donors (Lipinski definition) is 2. The number of amides is 1. The zero-order valence-electron chi connectivity index (χ0n) is 9.08. The molecule has 0 unspecified atom stereocenters. The van der Waals surface area contributed by atoms with Crippen LogP contribution in [0.4, 0.5) is 4.79 Å². The van der Waals surface area contributed by atoms with Gasteiger partial charge in [-0.3, -0.25) is 4.90 Å². The second-order valence-electron chi connectivity index (χ2n) is 3.59. The summed E-state index contributed by atoms with van der Waals surface area (Å²) in [5, 5.41) is 18.1. The Labute approximate surface area is 94.6 Å². The van der Waals surface area contributed by atoms with Crippen LogP contribution in [0.3, 0.4) is 0 Å². The second kappa shape index (κ2) is 6.30. The van der Waals surface area contributed by atoms with E-state index in [4.69, 9.17) is 9.84 Å². The number of likely N-dealkylation sites (tertiary alicyclic amines) is 1. The van der Waals surface area contributed by atoms with Gasteiger partial charge in [-0.05, 0) is 6.42 Å². The Balaban J connectivity index is 2.57. The molecule has 1 aliphatic heterocycles. The molecule has 0 aromatic carbocycles. The fourth-order valence-corrected chi connectivity index (χ4v) is 1.67. The van der Waals surface area contributed by atoms with Crippen molar-refractivity contribution in [1.29, 1.82) is 0 Å². The minimum Gasteiger partial charge on any atom is -0.445 e. The molecule has 2 atom stereocenters. The van der Waals surface area contributed by atoms with Gasteiger partial charge in [-0.1, -0.05) is 24.8 Å². The molecule has 2 N–H and O–H groups in total. The Morgan fingerprint density at radius 2 is 2.38 bits per heavy atom. The van der Waals surface area contributed by atoms with Gasteiger partial charge in [0.2, 0.25) is 0 Å². The number of hydrogen-bond acceptors (Lipinski definition) is 4. The monoisotopic (exact) mass is 227 g/mol. The number of aliphatic hydroxyl groups is 2. The van der Waals surface area contributed by atoms with Crippen molar-refractivity contribution in [2.24, 2.45) is 0 Å². The Kier molecular flexibility index (Phi) is 5.01. The van der Waals surface area contributed by atoms with Crippen LogP contribution in [0.15, 0.2) is 24.8 Å². The highest BCUT2D eigenvalue weighted by Crippen LogP contribution is 2.19. The summed E-state index contributed by atoms with van der Waals surface area (Å²) in [6.07, 6.45) is 4.21. The van der Waals surface area contributed by atoms with E-state index in [0.29, 0.717) is 6.42 Å². The van der Waals surface area contributed by atoms with Gasteiger partial charge in [0.25, 0.3) is 0 Å². The third kappa shape index (κ3) is 3.36. The first kappa shape index (κ1) is 12.7. The van der Waals surface area contributed by atoms with Crippen LogP contribution in [0.25, 0.3) is 0 Å². The van der Waals surface area contributed by atoms with Crippen LogP contribution in [0.2, 0.25) is 0 Å². The summed E-state index contributed by atoms with van der Waals surface area (Å²) >= 11 is 0. The number of carbonyl (C=O) groups excluding carboxylic acids is 1. The number of β-amino-alcohol motifs (C(OH)–C–C–N with tert-alkyl or cyclic N) is 1. The molecule has 5 heteroatoms. The van der Waals surface area contributed by atoms with E-state index in [9.17, 15) is 9.90 Å². The average Bonchev–Trinajstić information content (AvgIpc) is 2.64. The zero-order chi connectivity index (χ0) is 12.0. The van der Waals surface area contributed by atoms with Gasteiger partial charge in [0.15, 0.2) is 0 Å². The third-order valence-electron chi connectivity index (χ3n) is 2.34. The number of rotatable bonds is 4. The Morgan fingerprint density at radius 3 is 3.00 bits per heavy atom. The summed E-state index contributed by atoms with van der Waals surface area (Å²) in [6.45, 7) is 3.78. The zero-order valence-corrected chi connectivity index (χ0v) is 9.08. The Morgan fingerprint density at radius 1 is 1.62 bits per heavy atom. The SMILES string of the molecule is C=CCOC(=O)N1C[C@H](O)C[C@H]1/C=C/CO. The molecule has 1 fully saturated rings. The van der Waals surface area contributed by atoms with Gasteiger partial charge in [0.05, 0.1) is 25.3 Å². The molecule has 5 nitrogen and oxygen atoms in total. The third-order valence-corrected chi connectivity index (χ3v) is 2.34. The first-order valence-corrected chi connectivity index (χ1v) is 5.19. The molecular formula is C11H17NO4. The van der Waals surface area contributed by atoms with E-state index >= 15 is 0 Å². The van der Waals surface area contributed by atoms with Crippen molar-refractivity contribution in [3.63, 3.8) is 0 Å². The maximum atomic E-state index is 11.6. The molecule has 0 aromatic heterocycles. The van der Waals surface area contributed by atoms with Crippen LogP contribution in [-0.4, -0.2) is 53.1 Å². The average molecular weight is 227 g/mol. The van der Waals surface area contributed by atoms with Crippen molar-refractivity contribution in [2.75, 3.05) is 19.8 Å². The Bertz CT molecular complexity index is 277. The lowest BCUT2D eigenvalue weighted by Gasteiger charge is -2.20. The molecule has 1 rings (SSSR count). The van der Waals surface area contributed by atoms with Gasteiger partial charge in [-0.2, -0.15) is 0 Å². The predicted octanol–water partition coefficient (Wildman–Crippen LogP) is 0.293. The van der Waals surface area contributed by atoms with E-state index in [1.54, 1.807) is 12.2 Å². The first-order valence-electron chi connectivity index (χ1n) is 5.19. The first-order chi connectivity index (χ1) is 7.69. The van der Waals surface area contributed by atoms with E-state index in [0.717, 1.165) is 0 Å². The fourth-order valence-electron chi connectivity index (χ4n) is 1.67. The van der Waals surface area contributed by atoms with Crippen LogP contribution in [0.1, 0.15) is 6.42 Å². The summed E-state index contributed by atoms with van der Waals surface area (Å²) in [5.41, 5.74) is 0. The molecule has 90 valence electrons. The molecule has 16 heavy (non-hydrogen) atoms. The van der Waals surface area contributed by atoms with Crippen molar-refractivity contribution in [1.82, 2.24) is 4.90 Å². The van der Waals surface area contributed by atoms with E-state index in [-0.39, 0.29) is 25.8 Å². The van der Waals surface area contributed by atoms with Crippen molar-refractivity contribution in [3.8, 4) is 0 Å². The molecule has 0 spiro atoms. The maximum Gasteiger partial charge on any atom is 0.410 e. The molecule has 0 bridgehead atoms. The predicted molar refractivity (Wildman–Crippen MR) is 58.9 cm³/mol. The molecule has 0 aromatic rings. The van der Waals surface area contributed by atoms with Gasteiger partial charge in [-0.15, -0.1) is 0 Å². The van der Waals surface area contributed by atoms with Crippen LogP contribution in [0, 0.1) is 0 Å².